The van der Waals surface area contributed by atoms with Crippen molar-refractivity contribution in [1.82, 2.24) is 14.5 Å². The van der Waals surface area contributed by atoms with Gasteiger partial charge in [0.15, 0.2) is 0 Å². The minimum absolute atomic E-state index is 0.0694. The molecule has 4 aromatic rings. The Hall–Kier alpha value is -3.51. The van der Waals surface area contributed by atoms with E-state index in [-0.39, 0.29) is 17.6 Å². The molecule has 0 unspecified atom stereocenters. The number of para-hydroxylation sites is 2. The van der Waals surface area contributed by atoms with Crippen molar-refractivity contribution >= 4 is 22.6 Å². The van der Waals surface area contributed by atoms with E-state index in [1.807, 2.05) is 42.5 Å². The summed E-state index contributed by atoms with van der Waals surface area (Å²) < 4.78 is 15.7. The zero-order valence-electron chi connectivity index (χ0n) is 19.6. The smallest absolute Gasteiger partial charge is 0.228 e. The molecule has 1 aliphatic rings. The van der Waals surface area contributed by atoms with E-state index in [0.717, 1.165) is 47.6 Å². The van der Waals surface area contributed by atoms with Crippen LogP contribution in [0.3, 0.4) is 0 Å². The average molecular weight is 457 g/mol. The van der Waals surface area contributed by atoms with E-state index in [4.69, 9.17) is 4.98 Å². The van der Waals surface area contributed by atoms with Crippen LogP contribution in [0.1, 0.15) is 29.8 Å². The van der Waals surface area contributed by atoms with Crippen LogP contribution in [-0.2, 0) is 11.3 Å². The van der Waals surface area contributed by atoms with Crippen LogP contribution in [-0.4, -0.2) is 33.4 Å². The highest BCUT2D eigenvalue weighted by molar-refractivity contribution is 5.92. The summed E-state index contributed by atoms with van der Waals surface area (Å²) in [6.45, 7) is 6.35. The van der Waals surface area contributed by atoms with E-state index in [0.29, 0.717) is 13.1 Å². The van der Waals surface area contributed by atoms with E-state index in [1.54, 1.807) is 12.1 Å². The lowest BCUT2D eigenvalue weighted by Gasteiger charge is -2.31. The zero-order valence-corrected chi connectivity index (χ0v) is 19.6. The molecule has 1 aliphatic heterocycles. The predicted molar refractivity (Wildman–Crippen MR) is 134 cm³/mol. The molecule has 1 amide bonds. The van der Waals surface area contributed by atoms with Crippen molar-refractivity contribution in [2.75, 3.05) is 18.4 Å². The van der Waals surface area contributed by atoms with Gasteiger partial charge in [0.2, 0.25) is 5.91 Å². The number of hydrogen-bond acceptors (Lipinski definition) is 3. The van der Waals surface area contributed by atoms with Crippen LogP contribution in [0.5, 0.6) is 0 Å². The van der Waals surface area contributed by atoms with Gasteiger partial charge in [0.1, 0.15) is 11.6 Å². The molecule has 0 radical (unpaired) electrons. The van der Waals surface area contributed by atoms with Crippen molar-refractivity contribution in [3.05, 3.63) is 89.5 Å². The number of halogens is 1. The van der Waals surface area contributed by atoms with Crippen molar-refractivity contribution in [1.29, 1.82) is 0 Å². The second-order valence-corrected chi connectivity index (χ2v) is 9.19. The normalized spacial score (nSPS) is 16.6. The van der Waals surface area contributed by atoms with Crippen LogP contribution in [0.4, 0.5) is 10.1 Å². The molecule has 3 aromatic carbocycles. The Bertz CT molecular complexity index is 1330. The maximum Gasteiger partial charge on any atom is 0.228 e. The molecule has 5 rings (SSSR count). The standard InChI is InChI=1S/C28H29FN4O/c1-19-9-12-23(16-20(19)2)30-28(34)21-6-5-15-32(17-21)18-27-31-25-7-3-4-8-26(25)33(27)24-13-10-22(29)11-14-24/h3-4,7-14,16,21H,5-6,15,17-18H2,1-2H3,(H,30,34)/t21-/m1/s1. The number of carbonyl (C=O) groups excluding carboxylic acids is 1. The largest absolute Gasteiger partial charge is 0.326 e. The maximum absolute atomic E-state index is 13.6. The van der Waals surface area contributed by atoms with Crippen molar-refractivity contribution < 1.29 is 9.18 Å². The molecule has 1 atom stereocenters. The summed E-state index contributed by atoms with van der Waals surface area (Å²) >= 11 is 0. The molecule has 34 heavy (non-hydrogen) atoms. The number of rotatable bonds is 5. The number of imidazole rings is 1. The van der Waals surface area contributed by atoms with Gasteiger partial charge in [-0.1, -0.05) is 18.2 Å². The van der Waals surface area contributed by atoms with Gasteiger partial charge in [0.25, 0.3) is 0 Å². The minimum Gasteiger partial charge on any atom is -0.326 e. The Morgan fingerprint density at radius 3 is 2.65 bits per heavy atom. The Balaban J connectivity index is 1.35. The molecule has 6 heteroatoms. The van der Waals surface area contributed by atoms with Gasteiger partial charge < -0.3 is 5.32 Å². The number of likely N-dealkylation sites (tertiary alicyclic amines) is 1. The topological polar surface area (TPSA) is 50.2 Å². The van der Waals surface area contributed by atoms with Crippen molar-refractivity contribution in [3.63, 3.8) is 0 Å². The molecule has 0 saturated carbocycles. The number of benzene rings is 3. The van der Waals surface area contributed by atoms with E-state index in [9.17, 15) is 9.18 Å². The molecule has 0 bridgehead atoms. The predicted octanol–water partition coefficient (Wildman–Crippen LogP) is 5.63. The van der Waals surface area contributed by atoms with Gasteiger partial charge in [-0.15, -0.1) is 0 Å². The third-order valence-corrected chi connectivity index (χ3v) is 6.73. The summed E-state index contributed by atoms with van der Waals surface area (Å²) in [5, 5.41) is 3.11. The molecule has 1 aromatic heterocycles. The first-order chi connectivity index (χ1) is 16.5. The monoisotopic (exact) mass is 456 g/mol. The number of fused-ring (bicyclic) bond motifs is 1. The van der Waals surface area contributed by atoms with Gasteiger partial charge in [-0.05, 0) is 92.9 Å². The van der Waals surface area contributed by atoms with E-state index < -0.39 is 0 Å². The van der Waals surface area contributed by atoms with Gasteiger partial charge in [0, 0.05) is 17.9 Å². The number of piperidine rings is 1. The number of anilines is 1. The van der Waals surface area contributed by atoms with Gasteiger partial charge in [-0.2, -0.15) is 0 Å². The summed E-state index contributed by atoms with van der Waals surface area (Å²) in [6.07, 6.45) is 1.84. The molecule has 174 valence electrons. The summed E-state index contributed by atoms with van der Waals surface area (Å²) in [5.74, 6) is 0.630. The molecular formula is C28H29FN4O. The minimum atomic E-state index is -0.261. The number of nitrogens with one attached hydrogen (secondary N) is 1. The van der Waals surface area contributed by atoms with Gasteiger partial charge in [-0.25, -0.2) is 9.37 Å². The average Bonchev–Trinajstić information content (AvgIpc) is 3.20. The van der Waals surface area contributed by atoms with Gasteiger partial charge in [-0.3, -0.25) is 14.3 Å². The molecule has 1 saturated heterocycles. The highest BCUT2D eigenvalue weighted by Crippen LogP contribution is 2.26. The number of aryl methyl sites for hydroxylation is 2. The second-order valence-electron chi connectivity index (χ2n) is 9.19. The highest BCUT2D eigenvalue weighted by atomic mass is 19.1. The number of nitrogens with zero attached hydrogens (tertiary/aromatic N) is 3. The first-order valence-electron chi connectivity index (χ1n) is 11.8. The summed E-state index contributed by atoms with van der Waals surface area (Å²) in [7, 11) is 0. The summed E-state index contributed by atoms with van der Waals surface area (Å²) in [5.41, 5.74) is 6.01. The fraction of sp³-hybridized carbons (Fsp3) is 0.286. The first-order valence-corrected chi connectivity index (χ1v) is 11.8. The lowest BCUT2D eigenvalue weighted by Crippen LogP contribution is -2.40. The number of carbonyl (C=O) groups is 1. The van der Waals surface area contributed by atoms with E-state index >= 15 is 0 Å². The first kappa shape index (κ1) is 22.3. The number of aromatic nitrogens is 2. The summed E-state index contributed by atoms with van der Waals surface area (Å²) in [6, 6.07) is 20.5. The SMILES string of the molecule is Cc1ccc(NC(=O)[C@@H]2CCCN(Cc3nc4ccccc4n3-c3ccc(F)cc3)C2)cc1C. The van der Waals surface area contributed by atoms with Crippen LogP contribution >= 0.6 is 0 Å². The molecule has 0 spiro atoms. The molecule has 5 nitrogen and oxygen atoms in total. The Kier molecular flexibility index (Phi) is 6.16. The number of hydrogen-bond donors (Lipinski definition) is 1. The molecule has 1 fully saturated rings. The van der Waals surface area contributed by atoms with Crippen LogP contribution in [0.2, 0.25) is 0 Å². The quantitative estimate of drug-likeness (QED) is 0.423. The fourth-order valence-corrected chi connectivity index (χ4v) is 4.74. The van der Waals surface area contributed by atoms with Crippen molar-refractivity contribution in [3.8, 4) is 5.69 Å². The Labute approximate surface area is 199 Å². The third-order valence-electron chi connectivity index (χ3n) is 6.73. The van der Waals surface area contributed by atoms with Crippen molar-refractivity contribution in [2.24, 2.45) is 5.92 Å². The Morgan fingerprint density at radius 1 is 1.06 bits per heavy atom. The molecule has 1 N–H and O–H groups in total. The van der Waals surface area contributed by atoms with Crippen LogP contribution in [0, 0.1) is 25.6 Å². The second kappa shape index (κ2) is 9.39. The van der Waals surface area contributed by atoms with Crippen LogP contribution in [0.15, 0.2) is 66.7 Å². The lowest BCUT2D eigenvalue weighted by molar-refractivity contribution is -0.121. The highest BCUT2D eigenvalue weighted by Gasteiger charge is 2.27. The van der Waals surface area contributed by atoms with Crippen LogP contribution in [0.25, 0.3) is 16.7 Å². The Morgan fingerprint density at radius 2 is 1.85 bits per heavy atom. The zero-order chi connectivity index (χ0) is 23.7. The lowest BCUT2D eigenvalue weighted by atomic mass is 9.97. The molecular weight excluding hydrogens is 427 g/mol. The maximum atomic E-state index is 13.6. The van der Waals surface area contributed by atoms with Gasteiger partial charge >= 0.3 is 0 Å². The van der Waals surface area contributed by atoms with E-state index in [2.05, 4.69) is 28.6 Å². The van der Waals surface area contributed by atoms with E-state index in [1.165, 1.54) is 23.3 Å². The summed E-state index contributed by atoms with van der Waals surface area (Å²) in [4.78, 5) is 20.2. The van der Waals surface area contributed by atoms with Gasteiger partial charge in [0.05, 0.1) is 23.5 Å². The fourth-order valence-electron chi connectivity index (χ4n) is 4.74. The van der Waals surface area contributed by atoms with Crippen molar-refractivity contribution in [2.45, 2.75) is 33.2 Å². The third kappa shape index (κ3) is 4.59. The molecule has 0 aliphatic carbocycles. The molecule has 2 heterocycles. The number of amides is 1. The van der Waals surface area contributed by atoms with Crippen LogP contribution < -0.4 is 5.32 Å².